The monoisotopic (exact) mass is 247 g/mol. The van der Waals surface area contributed by atoms with Gasteiger partial charge in [0.05, 0.1) is 0 Å². The Morgan fingerprint density at radius 1 is 1.29 bits per heavy atom. The first-order valence-corrected chi connectivity index (χ1v) is 4.97. The molecule has 0 heterocycles. The van der Waals surface area contributed by atoms with E-state index >= 15 is 0 Å². The molecule has 0 aliphatic carbocycles. The Hall–Kier alpha value is -1.83. The maximum Gasteiger partial charge on any atom is 0.341 e. The molecule has 0 aliphatic rings. The molecule has 98 valence electrons. The summed E-state index contributed by atoms with van der Waals surface area (Å²) in [6.07, 6.45) is 0. The highest BCUT2D eigenvalue weighted by Crippen LogP contribution is 1.92. The summed E-state index contributed by atoms with van der Waals surface area (Å²) in [6, 6.07) is -0.649. The first-order valence-electron chi connectivity index (χ1n) is 4.97. The van der Waals surface area contributed by atoms with Gasteiger partial charge in [0.25, 0.3) is 0 Å². The van der Waals surface area contributed by atoms with Crippen LogP contribution in [0.2, 0.25) is 0 Å². The first kappa shape index (κ1) is 15.2. The number of likely N-dealkylation sites (N-methyl/N-ethyl adjacent to an activating group) is 2. The minimum atomic E-state index is -1.20. The molecule has 8 heteroatoms. The quantitative estimate of drug-likeness (QED) is 0.594. The van der Waals surface area contributed by atoms with Gasteiger partial charge in [-0.3, -0.25) is 9.63 Å². The lowest BCUT2D eigenvalue weighted by molar-refractivity contribution is -0.144. The van der Waals surface area contributed by atoms with E-state index in [-0.39, 0.29) is 12.5 Å². The third kappa shape index (κ3) is 6.36. The Morgan fingerprint density at radius 2 is 1.88 bits per heavy atom. The van der Waals surface area contributed by atoms with E-state index in [1.54, 1.807) is 21.0 Å². The second-order valence-electron chi connectivity index (χ2n) is 3.39. The lowest BCUT2D eigenvalue weighted by Gasteiger charge is -2.21. The average molecular weight is 247 g/mol. The van der Waals surface area contributed by atoms with E-state index in [9.17, 15) is 14.4 Å². The number of hydrogen-bond donors (Lipinski definition) is 2. The van der Waals surface area contributed by atoms with E-state index in [0.717, 1.165) is 0 Å². The van der Waals surface area contributed by atoms with Crippen LogP contribution in [0.3, 0.4) is 0 Å². The molecule has 2 N–H and O–H groups in total. The van der Waals surface area contributed by atoms with Gasteiger partial charge in [0.2, 0.25) is 5.91 Å². The summed E-state index contributed by atoms with van der Waals surface area (Å²) < 4.78 is 0. The number of carbonyl (C=O) groups excluding carboxylic acids is 2. The second-order valence-corrected chi connectivity index (χ2v) is 3.39. The highest BCUT2D eigenvalue weighted by atomic mass is 16.7. The fourth-order valence-corrected chi connectivity index (χ4v) is 0.856. The number of hydrogen-bond acceptors (Lipinski definition) is 4. The summed E-state index contributed by atoms with van der Waals surface area (Å²) in [4.78, 5) is 39.9. The normalized spacial score (nSPS) is 9.59. The molecule has 0 radical (unpaired) electrons. The molecule has 0 aromatic carbocycles. The summed E-state index contributed by atoms with van der Waals surface area (Å²) in [5, 5.41) is 8.29. The number of urea groups is 1. The zero-order chi connectivity index (χ0) is 13.4. The van der Waals surface area contributed by atoms with Crippen LogP contribution >= 0.6 is 0 Å². The van der Waals surface area contributed by atoms with Crippen molar-refractivity contribution in [2.24, 2.45) is 0 Å². The van der Waals surface area contributed by atoms with E-state index < -0.39 is 18.6 Å². The van der Waals surface area contributed by atoms with Gasteiger partial charge in [0.1, 0.15) is 6.54 Å². The van der Waals surface area contributed by atoms with E-state index in [4.69, 9.17) is 5.11 Å². The van der Waals surface area contributed by atoms with Gasteiger partial charge >= 0.3 is 12.0 Å². The summed E-state index contributed by atoms with van der Waals surface area (Å²) in [6.45, 7) is 1.28. The Balaban J connectivity index is 4.12. The molecule has 0 aromatic heterocycles. The lowest BCUT2D eigenvalue weighted by Crippen LogP contribution is -2.45. The molecule has 0 aliphatic heterocycles. The summed E-state index contributed by atoms with van der Waals surface area (Å²) in [7, 11) is 3.16. The fourth-order valence-electron chi connectivity index (χ4n) is 0.856. The third-order valence-electron chi connectivity index (χ3n) is 1.85. The maximum atomic E-state index is 11.4. The Labute approximate surface area is 99.1 Å². The van der Waals surface area contributed by atoms with Crippen molar-refractivity contribution < 1.29 is 24.3 Å². The molecule has 0 saturated heterocycles. The Kier molecular flexibility index (Phi) is 6.64. The molecule has 0 atom stereocenters. The van der Waals surface area contributed by atoms with Crippen LogP contribution in [-0.2, 0) is 14.4 Å². The van der Waals surface area contributed by atoms with Crippen molar-refractivity contribution in [3.63, 3.8) is 0 Å². The highest BCUT2D eigenvalue weighted by molar-refractivity contribution is 5.83. The molecule has 0 fully saturated rings. The van der Waals surface area contributed by atoms with Crippen molar-refractivity contribution in [2.75, 3.05) is 33.8 Å². The molecule has 0 unspecified atom stereocenters. The number of nitrogens with one attached hydrogen (secondary N) is 1. The van der Waals surface area contributed by atoms with Crippen LogP contribution in [0.5, 0.6) is 0 Å². The van der Waals surface area contributed by atoms with Crippen molar-refractivity contribution in [3.05, 3.63) is 0 Å². The van der Waals surface area contributed by atoms with E-state index in [1.165, 1.54) is 9.80 Å². The highest BCUT2D eigenvalue weighted by Gasteiger charge is 2.16. The Bertz CT molecular complexity index is 292. The average Bonchev–Trinajstić information content (AvgIpc) is 2.24. The predicted molar refractivity (Wildman–Crippen MR) is 58.1 cm³/mol. The van der Waals surface area contributed by atoms with Gasteiger partial charge < -0.3 is 14.9 Å². The Morgan fingerprint density at radius 3 is 2.29 bits per heavy atom. The van der Waals surface area contributed by atoms with Crippen molar-refractivity contribution in [1.29, 1.82) is 0 Å². The van der Waals surface area contributed by atoms with Crippen LogP contribution in [-0.4, -0.2) is 66.6 Å². The predicted octanol–water partition coefficient (Wildman–Crippen LogP) is -0.878. The number of carbonyl (C=O) groups is 3. The molecule has 0 rings (SSSR count). The summed E-state index contributed by atoms with van der Waals surface area (Å²) >= 11 is 0. The number of nitrogens with zero attached hydrogens (tertiary/aromatic N) is 2. The largest absolute Gasteiger partial charge is 0.479 e. The van der Waals surface area contributed by atoms with Gasteiger partial charge in [-0.05, 0) is 6.92 Å². The molecular weight excluding hydrogens is 230 g/mol. The van der Waals surface area contributed by atoms with Crippen LogP contribution in [0, 0.1) is 0 Å². The minimum Gasteiger partial charge on any atom is -0.479 e. The third-order valence-corrected chi connectivity index (χ3v) is 1.85. The van der Waals surface area contributed by atoms with E-state index in [0.29, 0.717) is 6.54 Å². The second kappa shape index (κ2) is 7.44. The van der Waals surface area contributed by atoms with Gasteiger partial charge in [0, 0.05) is 20.6 Å². The minimum absolute atomic E-state index is 0.0915. The number of aliphatic carboxylic acids is 1. The number of rotatable bonds is 6. The summed E-state index contributed by atoms with van der Waals surface area (Å²) in [5.74, 6) is -1.43. The fraction of sp³-hybridized carbons (Fsp3) is 0.667. The molecule has 3 amide bonds. The molecule has 0 saturated carbocycles. The molecule has 8 nitrogen and oxygen atoms in total. The lowest BCUT2D eigenvalue weighted by atomic mass is 10.4. The van der Waals surface area contributed by atoms with Gasteiger partial charge in [-0.25, -0.2) is 15.1 Å². The molecular formula is C9H17N3O5. The topological polar surface area (TPSA) is 99.2 Å². The van der Waals surface area contributed by atoms with Crippen LogP contribution < -0.4 is 5.48 Å². The van der Waals surface area contributed by atoms with Crippen molar-refractivity contribution in [2.45, 2.75) is 6.92 Å². The van der Waals surface area contributed by atoms with Crippen LogP contribution in [0.4, 0.5) is 4.79 Å². The molecule has 0 aromatic rings. The first-order chi connectivity index (χ1) is 7.88. The van der Waals surface area contributed by atoms with Gasteiger partial charge in [-0.1, -0.05) is 0 Å². The number of hydroxylamine groups is 1. The standard InChI is InChI=1S/C9H17N3O5/c1-4-12(5-7(13)11(2)3)9(16)10-17-6-8(14)15/h4-6H2,1-3H3,(H,10,16)(H,14,15). The molecule has 0 bridgehead atoms. The van der Waals surface area contributed by atoms with Gasteiger partial charge in [-0.15, -0.1) is 0 Å². The number of carboxylic acids is 1. The SMILES string of the molecule is CCN(CC(=O)N(C)C)C(=O)NOCC(=O)O. The zero-order valence-electron chi connectivity index (χ0n) is 10.1. The van der Waals surface area contributed by atoms with Crippen LogP contribution in [0.15, 0.2) is 0 Å². The molecule has 17 heavy (non-hydrogen) atoms. The summed E-state index contributed by atoms with van der Waals surface area (Å²) in [5.41, 5.74) is 1.94. The molecule has 0 spiro atoms. The van der Waals surface area contributed by atoms with E-state index in [1.807, 2.05) is 5.48 Å². The van der Waals surface area contributed by atoms with Gasteiger partial charge in [-0.2, -0.15) is 0 Å². The van der Waals surface area contributed by atoms with Gasteiger partial charge in [0.15, 0.2) is 6.61 Å². The van der Waals surface area contributed by atoms with Crippen LogP contribution in [0.1, 0.15) is 6.92 Å². The number of carboxylic acid groups (broad SMARTS) is 1. The van der Waals surface area contributed by atoms with E-state index in [2.05, 4.69) is 4.84 Å². The van der Waals surface area contributed by atoms with Crippen LogP contribution in [0.25, 0.3) is 0 Å². The number of amides is 3. The maximum absolute atomic E-state index is 11.4. The van der Waals surface area contributed by atoms with Crippen molar-refractivity contribution in [1.82, 2.24) is 15.3 Å². The van der Waals surface area contributed by atoms with Crippen molar-refractivity contribution in [3.8, 4) is 0 Å². The zero-order valence-corrected chi connectivity index (χ0v) is 10.1. The smallest absolute Gasteiger partial charge is 0.341 e. The van der Waals surface area contributed by atoms with Crippen molar-refractivity contribution >= 4 is 17.9 Å².